The lowest BCUT2D eigenvalue weighted by Gasteiger charge is -2.22. The van der Waals surface area contributed by atoms with Crippen molar-refractivity contribution in [2.24, 2.45) is 0 Å². The largest absolute Gasteiger partial charge is 0.481 e. The van der Waals surface area contributed by atoms with Crippen molar-refractivity contribution in [1.82, 2.24) is 5.32 Å². The van der Waals surface area contributed by atoms with E-state index in [2.05, 4.69) is 5.32 Å². The number of amides is 1. The SMILES string of the molecule is O=C(O)CCSCCC(=O)NC1CCCCC1. The summed E-state index contributed by atoms with van der Waals surface area (Å²) in [6.07, 6.45) is 6.62. The minimum atomic E-state index is -0.774. The molecule has 0 aromatic heterocycles. The minimum Gasteiger partial charge on any atom is -0.481 e. The van der Waals surface area contributed by atoms with Crippen LogP contribution >= 0.6 is 11.8 Å². The standard InChI is InChI=1S/C12H21NO3S/c14-11(6-8-17-9-7-12(15)16)13-10-4-2-1-3-5-10/h10H,1-9H2,(H,13,14)(H,15,16). The molecule has 0 spiro atoms. The first-order valence-corrected chi connectivity index (χ1v) is 7.43. The molecule has 1 amide bonds. The maximum atomic E-state index is 11.6. The van der Waals surface area contributed by atoms with E-state index in [4.69, 9.17) is 5.11 Å². The topological polar surface area (TPSA) is 66.4 Å². The molecule has 0 saturated heterocycles. The molecular formula is C12H21NO3S. The van der Waals surface area contributed by atoms with Crippen molar-refractivity contribution in [1.29, 1.82) is 0 Å². The molecule has 2 N–H and O–H groups in total. The zero-order valence-electron chi connectivity index (χ0n) is 10.1. The van der Waals surface area contributed by atoms with Gasteiger partial charge >= 0.3 is 5.97 Å². The quantitative estimate of drug-likeness (QED) is 0.687. The van der Waals surface area contributed by atoms with Crippen molar-refractivity contribution in [2.45, 2.75) is 51.0 Å². The second kappa shape index (κ2) is 8.39. The maximum Gasteiger partial charge on any atom is 0.304 e. The summed E-state index contributed by atoms with van der Waals surface area (Å²) in [6, 6.07) is 0.375. The monoisotopic (exact) mass is 259 g/mol. The van der Waals surface area contributed by atoms with Crippen molar-refractivity contribution in [3.8, 4) is 0 Å². The third-order valence-electron chi connectivity index (χ3n) is 2.90. The summed E-state index contributed by atoms with van der Waals surface area (Å²) >= 11 is 1.53. The Kier molecular flexibility index (Phi) is 7.08. The van der Waals surface area contributed by atoms with Crippen LogP contribution in [-0.4, -0.2) is 34.5 Å². The summed E-state index contributed by atoms with van der Waals surface area (Å²) in [5.74, 6) is 0.640. The molecule has 17 heavy (non-hydrogen) atoms. The lowest BCUT2D eigenvalue weighted by Crippen LogP contribution is -2.36. The number of hydrogen-bond donors (Lipinski definition) is 2. The van der Waals surface area contributed by atoms with E-state index in [-0.39, 0.29) is 12.3 Å². The zero-order chi connectivity index (χ0) is 12.5. The highest BCUT2D eigenvalue weighted by molar-refractivity contribution is 7.99. The zero-order valence-corrected chi connectivity index (χ0v) is 10.9. The Bertz CT molecular complexity index is 252. The normalized spacial score (nSPS) is 16.7. The maximum absolute atomic E-state index is 11.6. The van der Waals surface area contributed by atoms with Crippen LogP contribution in [0.5, 0.6) is 0 Å². The predicted octanol–water partition coefficient (Wildman–Crippen LogP) is 2.03. The third kappa shape index (κ3) is 7.26. The van der Waals surface area contributed by atoms with Crippen molar-refractivity contribution < 1.29 is 14.7 Å². The van der Waals surface area contributed by atoms with Gasteiger partial charge in [0.1, 0.15) is 0 Å². The molecule has 0 radical (unpaired) electrons. The number of nitrogens with one attached hydrogen (secondary N) is 1. The molecule has 4 nitrogen and oxygen atoms in total. The summed E-state index contributed by atoms with van der Waals surface area (Å²) in [6.45, 7) is 0. The van der Waals surface area contributed by atoms with E-state index in [0.717, 1.165) is 12.8 Å². The number of carboxylic acid groups (broad SMARTS) is 1. The van der Waals surface area contributed by atoms with Gasteiger partial charge in [0.2, 0.25) is 5.91 Å². The molecule has 0 aromatic carbocycles. The number of rotatable bonds is 7. The van der Waals surface area contributed by atoms with E-state index >= 15 is 0 Å². The number of thioether (sulfide) groups is 1. The molecule has 1 rings (SSSR count). The summed E-state index contributed by atoms with van der Waals surface area (Å²) in [7, 11) is 0. The Balaban J connectivity index is 1.98. The van der Waals surface area contributed by atoms with E-state index in [0.29, 0.717) is 24.0 Å². The number of carboxylic acids is 1. The van der Waals surface area contributed by atoms with Crippen LogP contribution in [0.2, 0.25) is 0 Å². The van der Waals surface area contributed by atoms with Gasteiger partial charge in [0, 0.05) is 24.0 Å². The van der Waals surface area contributed by atoms with Crippen LogP contribution in [0.3, 0.4) is 0 Å². The molecule has 0 atom stereocenters. The molecule has 1 fully saturated rings. The summed E-state index contributed by atoms with van der Waals surface area (Å²) in [5.41, 5.74) is 0. The van der Waals surface area contributed by atoms with Crippen molar-refractivity contribution >= 4 is 23.6 Å². The van der Waals surface area contributed by atoms with Gasteiger partial charge in [0.05, 0.1) is 6.42 Å². The van der Waals surface area contributed by atoms with Crippen molar-refractivity contribution in [3.63, 3.8) is 0 Å². The molecule has 0 bridgehead atoms. The number of carbonyl (C=O) groups is 2. The fourth-order valence-electron chi connectivity index (χ4n) is 1.97. The van der Waals surface area contributed by atoms with Crippen LogP contribution in [0, 0.1) is 0 Å². The average Bonchev–Trinajstić information content (AvgIpc) is 2.29. The van der Waals surface area contributed by atoms with Crippen molar-refractivity contribution in [3.05, 3.63) is 0 Å². The van der Waals surface area contributed by atoms with Gasteiger partial charge in [0.15, 0.2) is 0 Å². The Hall–Kier alpha value is -0.710. The van der Waals surface area contributed by atoms with Crippen LogP contribution in [0.25, 0.3) is 0 Å². The van der Waals surface area contributed by atoms with E-state index in [9.17, 15) is 9.59 Å². The minimum absolute atomic E-state index is 0.111. The molecule has 0 aliphatic heterocycles. The highest BCUT2D eigenvalue weighted by Crippen LogP contribution is 2.17. The fraction of sp³-hybridized carbons (Fsp3) is 0.833. The van der Waals surface area contributed by atoms with Gasteiger partial charge in [-0.15, -0.1) is 0 Å². The second-order valence-corrected chi connectivity index (χ2v) is 5.63. The molecule has 0 aromatic rings. The van der Waals surface area contributed by atoms with Crippen LogP contribution in [0.15, 0.2) is 0 Å². The van der Waals surface area contributed by atoms with E-state index in [1.807, 2.05) is 0 Å². The fourth-order valence-corrected chi connectivity index (χ4v) is 2.83. The van der Waals surface area contributed by atoms with Gasteiger partial charge < -0.3 is 10.4 Å². The molecule has 0 unspecified atom stereocenters. The summed E-state index contributed by atoms with van der Waals surface area (Å²) in [4.78, 5) is 21.8. The number of aliphatic carboxylic acids is 1. The van der Waals surface area contributed by atoms with Gasteiger partial charge in [-0.2, -0.15) is 11.8 Å². The Labute approximate surface area is 107 Å². The summed E-state index contributed by atoms with van der Waals surface area (Å²) < 4.78 is 0. The lowest BCUT2D eigenvalue weighted by molar-refractivity contribution is -0.136. The van der Waals surface area contributed by atoms with Gasteiger partial charge in [0.25, 0.3) is 0 Å². The Morgan fingerprint density at radius 3 is 2.41 bits per heavy atom. The van der Waals surface area contributed by atoms with Crippen LogP contribution in [-0.2, 0) is 9.59 Å². The molecule has 1 saturated carbocycles. The molecule has 1 aliphatic rings. The second-order valence-electron chi connectivity index (χ2n) is 4.41. The van der Waals surface area contributed by atoms with E-state index in [1.54, 1.807) is 0 Å². The average molecular weight is 259 g/mol. The highest BCUT2D eigenvalue weighted by Gasteiger charge is 2.15. The number of carbonyl (C=O) groups excluding carboxylic acids is 1. The Morgan fingerprint density at radius 1 is 1.12 bits per heavy atom. The first-order chi connectivity index (χ1) is 8.18. The molecule has 98 valence electrons. The summed E-state index contributed by atoms with van der Waals surface area (Å²) in [5, 5.41) is 11.5. The van der Waals surface area contributed by atoms with Crippen molar-refractivity contribution in [2.75, 3.05) is 11.5 Å². The molecule has 1 aliphatic carbocycles. The predicted molar refractivity (Wildman–Crippen MR) is 69.2 cm³/mol. The first-order valence-electron chi connectivity index (χ1n) is 6.27. The van der Waals surface area contributed by atoms with Crippen LogP contribution in [0.4, 0.5) is 0 Å². The van der Waals surface area contributed by atoms with Gasteiger partial charge in [-0.1, -0.05) is 19.3 Å². The number of hydrogen-bond acceptors (Lipinski definition) is 3. The third-order valence-corrected chi connectivity index (χ3v) is 3.89. The van der Waals surface area contributed by atoms with Gasteiger partial charge in [-0.05, 0) is 12.8 Å². The Morgan fingerprint density at radius 2 is 1.76 bits per heavy atom. The van der Waals surface area contributed by atoms with Gasteiger partial charge in [-0.3, -0.25) is 9.59 Å². The molecule has 0 heterocycles. The smallest absolute Gasteiger partial charge is 0.304 e. The van der Waals surface area contributed by atoms with E-state index in [1.165, 1.54) is 31.0 Å². The van der Waals surface area contributed by atoms with Crippen LogP contribution < -0.4 is 5.32 Å². The first kappa shape index (κ1) is 14.4. The highest BCUT2D eigenvalue weighted by atomic mass is 32.2. The van der Waals surface area contributed by atoms with Gasteiger partial charge in [-0.25, -0.2) is 0 Å². The lowest BCUT2D eigenvalue weighted by atomic mass is 9.95. The van der Waals surface area contributed by atoms with E-state index < -0.39 is 5.97 Å². The molecular weight excluding hydrogens is 238 g/mol. The van der Waals surface area contributed by atoms with Crippen LogP contribution in [0.1, 0.15) is 44.9 Å². The molecule has 5 heteroatoms.